The van der Waals surface area contributed by atoms with Crippen molar-refractivity contribution in [3.05, 3.63) is 70.0 Å². The number of amides is 1. The van der Waals surface area contributed by atoms with Gasteiger partial charge in [-0.15, -0.1) is 0 Å². The predicted octanol–water partition coefficient (Wildman–Crippen LogP) is 6.87. The Labute approximate surface area is 272 Å². The van der Waals surface area contributed by atoms with Gasteiger partial charge in [-0.05, 0) is 102 Å². The molecule has 1 fully saturated rings. The van der Waals surface area contributed by atoms with E-state index in [4.69, 9.17) is 0 Å². The maximum Gasteiger partial charge on any atom is 0.254 e. The fraction of sp³-hybridized carbons (Fsp3) is 0.622. The highest BCUT2D eigenvalue weighted by Gasteiger charge is 2.49. The summed E-state index contributed by atoms with van der Waals surface area (Å²) >= 11 is 0. The zero-order valence-electron chi connectivity index (χ0n) is 28.2. The third-order valence-corrected chi connectivity index (χ3v) is 10.8. The van der Waals surface area contributed by atoms with Crippen molar-refractivity contribution >= 4 is 11.7 Å². The van der Waals surface area contributed by atoms with Crippen LogP contribution >= 0.6 is 0 Å². The molecule has 1 aliphatic carbocycles. The molecule has 5 rings (SSSR count). The van der Waals surface area contributed by atoms with Gasteiger partial charge < -0.3 is 20.4 Å². The average molecular weight is 641 g/mol. The summed E-state index contributed by atoms with van der Waals surface area (Å²) in [5.41, 5.74) is 3.60. The van der Waals surface area contributed by atoms with Gasteiger partial charge in [0.2, 0.25) is 5.92 Å². The molecule has 0 radical (unpaired) electrons. The van der Waals surface area contributed by atoms with Crippen molar-refractivity contribution in [1.82, 2.24) is 20.4 Å². The first kappa shape index (κ1) is 34.3. The molecular formula is C37H51F3N4O2. The Morgan fingerprint density at radius 1 is 1.15 bits per heavy atom. The number of allylic oxidation sites excluding steroid dienone is 1. The van der Waals surface area contributed by atoms with Gasteiger partial charge in [0.15, 0.2) is 0 Å². The Morgan fingerprint density at radius 2 is 1.87 bits per heavy atom. The molecular weight excluding hydrogens is 589 g/mol. The highest BCUT2D eigenvalue weighted by atomic mass is 19.3. The monoisotopic (exact) mass is 640 g/mol. The van der Waals surface area contributed by atoms with Crippen LogP contribution in [0.5, 0.6) is 0 Å². The van der Waals surface area contributed by atoms with Crippen molar-refractivity contribution in [1.29, 1.82) is 0 Å². The number of nitrogens with zero attached hydrogens (tertiary/aromatic N) is 2. The van der Waals surface area contributed by atoms with Crippen LogP contribution in [0.4, 0.5) is 13.2 Å². The maximum absolute atomic E-state index is 16.5. The highest BCUT2D eigenvalue weighted by molar-refractivity contribution is 5.95. The van der Waals surface area contributed by atoms with Gasteiger partial charge in [0.05, 0.1) is 5.41 Å². The first-order valence-electron chi connectivity index (χ1n) is 17.0. The number of aryl methyl sites for hydroxylation is 1. The number of carbonyl (C=O) groups excluding carboxylic acids is 2. The molecule has 3 atom stereocenters. The molecule has 1 unspecified atom stereocenters. The van der Waals surface area contributed by atoms with Gasteiger partial charge in [-0.3, -0.25) is 9.59 Å². The van der Waals surface area contributed by atoms with E-state index in [-0.39, 0.29) is 30.6 Å². The summed E-state index contributed by atoms with van der Waals surface area (Å²) in [6.07, 6.45) is 6.82. The van der Waals surface area contributed by atoms with Crippen molar-refractivity contribution in [3.63, 3.8) is 0 Å². The summed E-state index contributed by atoms with van der Waals surface area (Å²) in [6, 6.07) is 4.10. The standard InChI is InChI=1S/C37H51F3N4O2/c1-23-18-27(19-24(2)41-23)9-10-28-20-31-29(22-36(5,39)40)11-12-33(45)37(34(31)32(38)21-28)13-16-44(17-14-37)26(4)42-35(46)30-8-7-15-43(6)25(30)3/h18,20-21,23-24,29,41H,4,7-17,19,22H2,1-3,5-6H3,(H,42,46)/t23-,24+,29?/m1/s1. The fourth-order valence-electron chi connectivity index (χ4n) is 8.33. The first-order chi connectivity index (χ1) is 21.7. The van der Waals surface area contributed by atoms with Crippen LogP contribution in [0.1, 0.15) is 108 Å². The molecule has 0 bridgehead atoms. The Kier molecular flexibility index (Phi) is 10.1. The second kappa shape index (κ2) is 13.6. The molecule has 1 saturated heterocycles. The topological polar surface area (TPSA) is 64.7 Å². The summed E-state index contributed by atoms with van der Waals surface area (Å²) in [5.74, 6) is -3.80. The van der Waals surface area contributed by atoms with Crippen LogP contribution in [0.15, 0.2) is 47.5 Å². The summed E-state index contributed by atoms with van der Waals surface area (Å²) in [5, 5.41) is 6.45. The van der Waals surface area contributed by atoms with Crippen molar-refractivity contribution in [2.75, 3.05) is 26.7 Å². The van der Waals surface area contributed by atoms with Gasteiger partial charge in [-0.25, -0.2) is 13.2 Å². The van der Waals surface area contributed by atoms with Crippen molar-refractivity contribution in [2.45, 2.75) is 121 Å². The number of alkyl halides is 2. The van der Waals surface area contributed by atoms with E-state index in [2.05, 4.69) is 42.0 Å². The second-order valence-electron chi connectivity index (χ2n) is 14.4. The largest absolute Gasteiger partial charge is 0.378 e. The lowest BCUT2D eigenvalue weighted by atomic mass is 9.67. The van der Waals surface area contributed by atoms with E-state index in [1.807, 2.05) is 24.9 Å². The zero-order chi connectivity index (χ0) is 33.4. The van der Waals surface area contributed by atoms with Crippen LogP contribution in [0.3, 0.4) is 0 Å². The smallest absolute Gasteiger partial charge is 0.254 e. The number of carbonyl (C=O) groups is 2. The minimum atomic E-state index is -2.94. The van der Waals surface area contributed by atoms with E-state index in [9.17, 15) is 18.4 Å². The van der Waals surface area contributed by atoms with Gasteiger partial charge in [-0.2, -0.15) is 0 Å². The van der Waals surface area contributed by atoms with Crippen LogP contribution in [-0.4, -0.2) is 66.2 Å². The molecule has 9 heteroatoms. The Morgan fingerprint density at radius 3 is 2.54 bits per heavy atom. The van der Waals surface area contributed by atoms with Crippen LogP contribution in [0.2, 0.25) is 0 Å². The number of halogens is 3. The number of fused-ring (bicyclic) bond motifs is 2. The Balaban J connectivity index is 1.39. The van der Waals surface area contributed by atoms with Crippen LogP contribution in [0, 0.1) is 5.82 Å². The lowest BCUT2D eigenvalue weighted by molar-refractivity contribution is -0.126. The minimum Gasteiger partial charge on any atom is -0.378 e. The molecule has 6 nitrogen and oxygen atoms in total. The van der Waals surface area contributed by atoms with E-state index in [1.165, 1.54) is 11.6 Å². The van der Waals surface area contributed by atoms with Crippen LogP contribution < -0.4 is 10.6 Å². The van der Waals surface area contributed by atoms with E-state index >= 15 is 4.39 Å². The van der Waals surface area contributed by atoms with Crippen molar-refractivity contribution in [3.8, 4) is 0 Å². The molecule has 1 aromatic rings. The van der Waals surface area contributed by atoms with Gasteiger partial charge in [0.25, 0.3) is 5.91 Å². The number of hydrogen-bond acceptors (Lipinski definition) is 5. The third kappa shape index (κ3) is 7.40. The highest BCUT2D eigenvalue weighted by Crippen LogP contribution is 2.49. The summed E-state index contributed by atoms with van der Waals surface area (Å²) < 4.78 is 45.5. The molecule has 0 saturated carbocycles. The normalized spacial score (nSPS) is 25.3. The van der Waals surface area contributed by atoms with Gasteiger partial charge in [-0.1, -0.05) is 24.3 Å². The zero-order valence-corrected chi connectivity index (χ0v) is 28.2. The molecule has 1 spiro atoms. The maximum atomic E-state index is 16.5. The molecule has 4 aliphatic rings. The lowest BCUT2D eigenvalue weighted by Gasteiger charge is -2.43. The Bertz CT molecular complexity index is 1420. The quantitative estimate of drug-likeness (QED) is 0.304. The molecule has 252 valence electrons. The number of rotatable bonds is 8. The van der Waals surface area contributed by atoms with Crippen LogP contribution in [0.25, 0.3) is 0 Å². The summed E-state index contributed by atoms with van der Waals surface area (Å²) in [7, 11) is 1.98. The third-order valence-electron chi connectivity index (χ3n) is 10.8. The number of nitrogens with one attached hydrogen (secondary N) is 2. The van der Waals surface area contributed by atoms with Crippen LogP contribution in [-0.2, 0) is 21.4 Å². The number of ketones is 1. The molecule has 46 heavy (non-hydrogen) atoms. The number of benzene rings is 1. The number of likely N-dealkylation sites (tertiary alicyclic amines) is 1. The average Bonchev–Trinajstić information content (AvgIpc) is 3.07. The molecule has 0 aromatic heterocycles. The van der Waals surface area contributed by atoms with E-state index in [1.54, 1.807) is 0 Å². The fourth-order valence-corrected chi connectivity index (χ4v) is 8.33. The summed E-state index contributed by atoms with van der Waals surface area (Å²) in [4.78, 5) is 31.1. The Hall–Kier alpha value is -3.07. The van der Waals surface area contributed by atoms with Gasteiger partial charge >= 0.3 is 0 Å². The molecule has 2 N–H and O–H groups in total. The van der Waals surface area contributed by atoms with Gasteiger partial charge in [0, 0.05) is 68.4 Å². The molecule has 3 aliphatic heterocycles. The second-order valence-corrected chi connectivity index (χ2v) is 14.4. The van der Waals surface area contributed by atoms with Crippen molar-refractivity contribution < 1.29 is 22.8 Å². The number of hydrogen-bond donors (Lipinski definition) is 2. The predicted molar refractivity (Wildman–Crippen MR) is 176 cm³/mol. The number of piperidine rings is 1. The SMILES string of the molecule is C=C(NC(=O)C1=C(C)N(C)CCC1)N1CCC2(CC1)C(=O)CCC(CC(C)(F)F)c1cc(CCC3=C[C@@H](C)N[C@@H](C)C3)cc(F)c12. The van der Waals surface area contributed by atoms with E-state index in [0.717, 1.165) is 49.6 Å². The van der Waals surface area contributed by atoms with E-state index < -0.39 is 29.5 Å². The molecule has 1 amide bonds. The molecule has 3 heterocycles. The minimum absolute atomic E-state index is 0.0783. The molecule has 1 aromatic carbocycles. The lowest BCUT2D eigenvalue weighted by Crippen LogP contribution is -2.49. The van der Waals surface area contributed by atoms with Gasteiger partial charge in [0.1, 0.15) is 17.4 Å². The summed E-state index contributed by atoms with van der Waals surface area (Å²) in [6.45, 7) is 13.0. The number of Topliss-reactive ketones (excluding diaryl/α,β-unsaturated/α-hetero) is 1. The van der Waals surface area contributed by atoms with Crippen molar-refractivity contribution in [2.24, 2.45) is 0 Å². The first-order valence-corrected chi connectivity index (χ1v) is 17.0. The van der Waals surface area contributed by atoms with E-state index in [0.29, 0.717) is 61.8 Å².